The Kier molecular flexibility index (Phi) is 4.91. The average Bonchev–Trinajstić information content (AvgIpc) is 2.58. The third-order valence-electron chi connectivity index (χ3n) is 4.12. The number of nitrogens with one attached hydrogen (secondary N) is 1. The normalized spacial score (nSPS) is 10.7. The number of amides is 1. The zero-order chi connectivity index (χ0) is 18.0. The highest BCUT2D eigenvalue weighted by molar-refractivity contribution is 6.34. The third kappa shape index (κ3) is 3.91. The summed E-state index contributed by atoms with van der Waals surface area (Å²) in [6, 6.07) is 15.7. The predicted octanol–water partition coefficient (Wildman–Crippen LogP) is 4.58. The molecule has 2 aromatic carbocycles. The second-order valence-corrected chi connectivity index (χ2v) is 6.57. The monoisotopic (exact) mass is 353 g/mol. The van der Waals surface area contributed by atoms with Crippen LogP contribution in [0.3, 0.4) is 0 Å². The van der Waals surface area contributed by atoms with Crippen molar-refractivity contribution in [3.8, 4) is 0 Å². The van der Waals surface area contributed by atoms with Crippen molar-refractivity contribution >= 4 is 39.8 Å². The second-order valence-electron chi connectivity index (χ2n) is 6.22. The standard InChI is InChI=1S/C20H20ClN3O/c1-13-8-9-14(2)17(10-13)22-19(25)12-24(3)18-11-15-6-4-5-7-16(15)20(21)23-18/h4-11H,12H2,1-3H3,(H,22,25). The Labute approximate surface area is 152 Å². The van der Waals surface area contributed by atoms with Crippen molar-refractivity contribution in [1.82, 2.24) is 4.98 Å². The molecule has 3 rings (SSSR count). The van der Waals surface area contributed by atoms with Crippen LogP contribution in [-0.4, -0.2) is 24.5 Å². The molecule has 0 saturated heterocycles. The third-order valence-corrected chi connectivity index (χ3v) is 4.41. The number of rotatable bonds is 4. The van der Waals surface area contributed by atoms with Gasteiger partial charge in [0.1, 0.15) is 11.0 Å². The topological polar surface area (TPSA) is 45.2 Å². The number of aryl methyl sites for hydroxylation is 2. The Morgan fingerprint density at radius 1 is 1.16 bits per heavy atom. The molecule has 1 aromatic heterocycles. The molecule has 1 amide bonds. The summed E-state index contributed by atoms with van der Waals surface area (Å²) in [5.41, 5.74) is 2.98. The maximum absolute atomic E-state index is 12.4. The van der Waals surface area contributed by atoms with E-state index in [9.17, 15) is 4.79 Å². The van der Waals surface area contributed by atoms with Crippen molar-refractivity contribution in [2.45, 2.75) is 13.8 Å². The fourth-order valence-electron chi connectivity index (χ4n) is 2.70. The summed E-state index contributed by atoms with van der Waals surface area (Å²) in [5.74, 6) is 0.571. The molecule has 128 valence electrons. The Morgan fingerprint density at radius 3 is 2.72 bits per heavy atom. The summed E-state index contributed by atoms with van der Waals surface area (Å²) in [4.78, 5) is 18.6. The minimum atomic E-state index is -0.0951. The molecule has 0 fully saturated rings. The molecule has 0 unspecified atom stereocenters. The molecular weight excluding hydrogens is 334 g/mol. The first-order valence-corrected chi connectivity index (χ1v) is 8.45. The van der Waals surface area contributed by atoms with Crippen molar-refractivity contribution in [1.29, 1.82) is 0 Å². The predicted molar refractivity (Wildman–Crippen MR) is 105 cm³/mol. The molecule has 0 aliphatic carbocycles. The van der Waals surface area contributed by atoms with Crippen LogP contribution in [0.15, 0.2) is 48.5 Å². The maximum Gasteiger partial charge on any atom is 0.243 e. The molecule has 0 saturated carbocycles. The molecule has 25 heavy (non-hydrogen) atoms. The Morgan fingerprint density at radius 2 is 1.92 bits per heavy atom. The van der Waals surface area contributed by atoms with E-state index in [1.165, 1.54) is 0 Å². The first-order valence-electron chi connectivity index (χ1n) is 8.07. The lowest BCUT2D eigenvalue weighted by molar-refractivity contribution is -0.114. The number of hydrogen-bond donors (Lipinski definition) is 1. The fourth-order valence-corrected chi connectivity index (χ4v) is 2.95. The number of carbonyl (C=O) groups excluding carboxylic acids is 1. The lowest BCUT2D eigenvalue weighted by atomic mass is 10.1. The van der Waals surface area contributed by atoms with E-state index in [0.717, 1.165) is 27.6 Å². The molecule has 0 bridgehead atoms. The number of anilines is 2. The number of halogens is 1. The number of nitrogens with zero attached hydrogens (tertiary/aromatic N) is 2. The van der Waals surface area contributed by atoms with E-state index in [1.54, 1.807) is 4.90 Å². The van der Waals surface area contributed by atoms with Gasteiger partial charge in [-0.1, -0.05) is 48.0 Å². The van der Waals surface area contributed by atoms with Crippen molar-refractivity contribution in [2.75, 3.05) is 23.8 Å². The van der Waals surface area contributed by atoms with Gasteiger partial charge in [-0.15, -0.1) is 0 Å². The lowest BCUT2D eigenvalue weighted by Gasteiger charge is -2.19. The van der Waals surface area contributed by atoms with E-state index in [1.807, 2.05) is 69.4 Å². The van der Waals surface area contributed by atoms with Gasteiger partial charge in [-0.05, 0) is 42.5 Å². The van der Waals surface area contributed by atoms with Gasteiger partial charge in [-0.2, -0.15) is 0 Å². The summed E-state index contributed by atoms with van der Waals surface area (Å²) in [5, 5.41) is 5.31. The first-order chi connectivity index (χ1) is 11.9. The van der Waals surface area contributed by atoms with E-state index in [0.29, 0.717) is 11.0 Å². The van der Waals surface area contributed by atoms with Gasteiger partial charge in [0.2, 0.25) is 5.91 Å². The highest BCUT2D eigenvalue weighted by Crippen LogP contribution is 2.25. The summed E-state index contributed by atoms with van der Waals surface area (Å²) >= 11 is 6.27. The van der Waals surface area contributed by atoms with Crippen molar-refractivity contribution in [2.24, 2.45) is 0 Å². The van der Waals surface area contributed by atoms with Crippen molar-refractivity contribution < 1.29 is 4.79 Å². The van der Waals surface area contributed by atoms with E-state index >= 15 is 0 Å². The molecule has 3 aromatic rings. The number of fused-ring (bicyclic) bond motifs is 1. The average molecular weight is 354 g/mol. The molecule has 0 aliphatic rings. The van der Waals surface area contributed by atoms with Gasteiger partial charge >= 0.3 is 0 Å². The number of pyridine rings is 1. The number of carbonyl (C=O) groups is 1. The summed E-state index contributed by atoms with van der Waals surface area (Å²) in [6.45, 7) is 4.17. The molecule has 0 spiro atoms. The number of hydrogen-bond acceptors (Lipinski definition) is 3. The lowest BCUT2D eigenvalue weighted by Crippen LogP contribution is -2.30. The molecule has 0 atom stereocenters. The molecule has 0 radical (unpaired) electrons. The number of likely N-dealkylation sites (N-methyl/N-ethyl adjacent to an activating group) is 1. The quantitative estimate of drug-likeness (QED) is 0.698. The van der Waals surface area contributed by atoms with Crippen LogP contribution in [0.25, 0.3) is 10.8 Å². The van der Waals surface area contributed by atoms with Crippen LogP contribution in [0.4, 0.5) is 11.5 Å². The van der Waals surface area contributed by atoms with Gasteiger partial charge in [-0.3, -0.25) is 4.79 Å². The molecule has 5 heteroatoms. The van der Waals surface area contributed by atoms with E-state index in [-0.39, 0.29) is 12.5 Å². The second kappa shape index (κ2) is 7.11. The largest absolute Gasteiger partial charge is 0.350 e. The van der Waals surface area contributed by atoms with Gasteiger partial charge in [0.05, 0.1) is 6.54 Å². The molecule has 1 N–H and O–H groups in total. The van der Waals surface area contributed by atoms with Gasteiger partial charge in [-0.25, -0.2) is 4.98 Å². The maximum atomic E-state index is 12.4. The van der Waals surface area contributed by atoms with Gasteiger partial charge in [0.15, 0.2) is 0 Å². The van der Waals surface area contributed by atoms with Gasteiger partial charge in [0, 0.05) is 18.1 Å². The Bertz CT molecular complexity index is 939. The van der Waals surface area contributed by atoms with Crippen LogP contribution in [-0.2, 0) is 4.79 Å². The molecular formula is C20H20ClN3O. The zero-order valence-electron chi connectivity index (χ0n) is 14.5. The van der Waals surface area contributed by atoms with Crippen LogP contribution in [0, 0.1) is 13.8 Å². The molecule has 0 aliphatic heterocycles. The van der Waals surface area contributed by atoms with Crippen molar-refractivity contribution in [3.63, 3.8) is 0 Å². The fraction of sp³-hybridized carbons (Fsp3) is 0.200. The van der Waals surface area contributed by atoms with E-state index in [2.05, 4.69) is 10.3 Å². The van der Waals surface area contributed by atoms with E-state index in [4.69, 9.17) is 11.6 Å². The zero-order valence-corrected chi connectivity index (χ0v) is 15.3. The number of aromatic nitrogens is 1. The smallest absolute Gasteiger partial charge is 0.243 e. The summed E-state index contributed by atoms with van der Waals surface area (Å²) in [7, 11) is 1.83. The Balaban J connectivity index is 1.76. The van der Waals surface area contributed by atoms with Crippen molar-refractivity contribution in [3.05, 3.63) is 64.8 Å². The van der Waals surface area contributed by atoms with Gasteiger partial charge < -0.3 is 10.2 Å². The molecule has 1 heterocycles. The summed E-state index contributed by atoms with van der Waals surface area (Å²) in [6.07, 6.45) is 0. The SMILES string of the molecule is Cc1ccc(C)c(NC(=O)CN(C)c2cc3ccccc3c(Cl)n2)c1. The van der Waals surface area contributed by atoms with Crippen LogP contribution < -0.4 is 10.2 Å². The van der Waals surface area contributed by atoms with Crippen LogP contribution in [0.2, 0.25) is 5.15 Å². The van der Waals surface area contributed by atoms with Crippen LogP contribution >= 0.6 is 11.6 Å². The van der Waals surface area contributed by atoms with E-state index < -0.39 is 0 Å². The van der Waals surface area contributed by atoms with Gasteiger partial charge in [0.25, 0.3) is 0 Å². The van der Waals surface area contributed by atoms with Crippen LogP contribution in [0.1, 0.15) is 11.1 Å². The highest BCUT2D eigenvalue weighted by atomic mass is 35.5. The first kappa shape index (κ1) is 17.2. The Hall–Kier alpha value is -2.59. The van der Waals surface area contributed by atoms with Crippen LogP contribution in [0.5, 0.6) is 0 Å². The number of benzene rings is 2. The summed E-state index contributed by atoms with van der Waals surface area (Å²) < 4.78 is 0. The molecule has 4 nitrogen and oxygen atoms in total. The minimum Gasteiger partial charge on any atom is -0.350 e. The highest BCUT2D eigenvalue weighted by Gasteiger charge is 2.12. The minimum absolute atomic E-state index is 0.0951.